The Kier molecular flexibility index (Phi) is 5.18. The monoisotopic (exact) mass is 368 g/mol. The van der Waals surface area contributed by atoms with Gasteiger partial charge in [-0.2, -0.15) is 4.98 Å². The molecule has 0 bridgehead atoms. The fourth-order valence-corrected chi connectivity index (χ4v) is 4.09. The van der Waals surface area contributed by atoms with Crippen LogP contribution in [0.3, 0.4) is 0 Å². The summed E-state index contributed by atoms with van der Waals surface area (Å²) in [5.41, 5.74) is 1.08. The Bertz CT molecular complexity index is 778. The van der Waals surface area contributed by atoms with Crippen LogP contribution in [0.5, 0.6) is 0 Å². The SMILES string of the molecule is O=C1CC(C(=O)N2CCCCCC2c2ncon2)CN1Cc1ccccc1. The minimum Gasteiger partial charge on any atom is -0.343 e. The third-order valence-electron chi connectivity index (χ3n) is 5.49. The van der Waals surface area contributed by atoms with Crippen LogP contribution in [0.15, 0.2) is 41.2 Å². The van der Waals surface area contributed by atoms with Gasteiger partial charge in [-0.15, -0.1) is 0 Å². The molecule has 2 aliphatic heterocycles. The van der Waals surface area contributed by atoms with Crippen molar-refractivity contribution < 1.29 is 14.1 Å². The van der Waals surface area contributed by atoms with E-state index in [1.807, 2.05) is 35.2 Å². The van der Waals surface area contributed by atoms with Gasteiger partial charge in [0, 0.05) is 26.1 Å². The van der Waals surface area contributed by atoms with Gasteiger partial charge >= 0.3 is 0 Å². The summed E-state index contributed by atoms with van der Waals surface area (Å²) in [6.07, 6.45) is 5.51. The van der Waals surface area contributed by atoms with E-state index in [1.165, 1.54) is 6.39 Å². The normalized spacial score (nSPS) is 23.5. The highest BCUT2D eigenvalue weighted by Gasteiger charge is 2.39. The molecular weight excluding hydrogens is 344 g/mol. The van der Waals surface area contributed by atoms with Crippen molar-refractivity contribution in [2.24, 2.45) is 5.92 Å². The number of aromatic nitrogens is 2. The van der Waals surface area contributed by atoms with Crippen molar-refractivity contribution in [1.82, 2.24) is 19.9 Å². The molecule has 0 saturated carbocycles. The number of benzene rings is 1. The van der Waals surface area contributed by atoms with Gasteiger partial charge in [-0.1, -0.05) is 48.3 Å². The summed E-state index contributed by atoms with van der Waals surface area (Å²) in [4.78, 5) is 33.6. The summed E-state index contributed by atoms with van der Waals surface area (Å²) in [6.45, 7) is 1.71. The first-order chi connectivity index (χ1) is 13.2. The van der Waals surface area contributed by atoms with E-state index in [9.17, 15) is 9.59 Å². The van der Waals surface area contributed by atoms with E-state index in [0.717, 1.165) is 31.2 Å². The molecule has 0 radical (unpaired) electrons. The molecule has 2 saturated heterocycles. The predicted molar refractivity (Wildman–Crippen MR) is 97.2 cm³/mol. The van der Waals surface area contributed by atoms with Gasteiger partial charge in [0.1, 0.15) is 0 Å². The molecule has 1 aromatic heterocycles. The van der Waals surface area contributed by atoms with E-state index in [4.69, 9.17) is 4.52 Å². The van der Waals surface area contributed by atoms with Crippen molar-refractivity contribution in [3.63, 3.8) is 0 Å². The molecule has 7 heteroatoms. The van der Waals surface area contributed by atoms with E-state index >= 15 is 0 Å². The molecule has 7 nitrogen and oxygen atoms in total. The zero-order valence-corrected chi connectivity index (χ0v) is 15.3. The van der Waals surface area contributed by atoms with E-state index in [-0.39, 0.29) is 30.2 Å². The summed E-state index contributed by atoms with van der Waals surface area (Å²) in [7, 11) is 0. The lowest BCUT2D eigenvalue weighted by atomic mass is 10.0. The predicted octanol–water partition coefficient (Wildman–Crippen LogP) is 2.56. The summed E-state index contributed by atoms with van der Waals surface area (Å²) >= 11 is 0. The van der Waals surface area contributed by atoms with E-state index in [1.54, 1.807) is 4.90 Å². The number of hydrogen-bond donors (Lipinski definition) is 0. The largest absolute Gasteiger partial charge is 0.343 e. The van der Waals surface area contributed by atoms with Crippen molar-refractivity contribution >= 4 is 11.8 Å². The summed E-state index contributed by atoms with van der Waals surface area (Å²) < 4.78 is 4.90. The van der Waals surface area contributed by atoms with Crippen molar-refractivity contribution in [2.45, 2.75) is 44.7 Å². The number of likely N-dealkylation sites (tertiary alicyclic amines) is 2. The third kappa shape index (κ3) is 3.86. The highest BCUT2D eigenvalue weighted by atomic mass is 16.5. The third-order valence-corrected chi connectivity index (χ3v) is 5.49. The molecule has 4 rings (SSSR count). The van der Waals surface area contributed by atoms with Gasteiger partial charge in [0.05, 0.1) is 12.0 Å². The Labute approximate surface area is 158 Å². The minimum atomic E-state index is -0.297. The highest BCUT2D eigenvalue weighted by Crippen LogP contribution is 2.31. The smallest absolute Gasteiger partial charge is 0.228 e. The van der Waals surface area contributed by atoms with Crippen molar-refractivity contribution in [1.29, 1.82) is 0 Å². The number of carbonyl (C=O) groups is 2. The number of amides is 2. The first kappa shape index (κ1) is 17.7. The topological polar surface area (TPSA) is 79.5 Å². The fraction of sp³-hybridized carbons (Fsp3) is 0.500. The van der Waals surface area contributed by atoms with Crippen molar-refractivity contribution in [2.75, 3.05) is 13.1 Å². The lowest BCUT2D eigenvalue weighted by molar-refractivity contribution is -0.138. The summed E-state index contributed by atoms with van der Waals surface area (Å²) in [5, 5.41) is 3.97. The highest BCUT2D eigenvalue weighted by molar-refractivity contribution is 5.89. The van der Waals surface area contributed by atoms with E-state index in [0.29, 0.717) is 25.5 Å². The van der Waals surface area contributed by atoms with Gasteiger partial charge in [-0.05, 0) is 18.4 Å². The Balaban J connectivity index is 1.47. The van der Waals surface area contributed by atoms with E-state index in [2.05, 4.69) is 10.1 Å². The quantitative estimate of drug-likeness (QED) is 0.829. The second kappa shape index (κ2) is 7.90. The Morgan fingerprint density at radius 2 is 2.04 bits per heavy atom. The average molecular weight is 368 g/mol. The Morgan fingerprint density at radius 3 is 2.81 bits per heavy atom. The molecule has 2 aromatic rings. The molecule has 3 heterocycles. The molecule has 2 unspecified atom stereocenters. The number of carbonyl (C=O) groups excluding carboxylic acids is 2. The van der Waals surface area contributed by atoms with Crippen LogP contribution in [0.1, 0.15) is 49.5 Å². The van der Waals surface area contributed by atoms with Gasteiger partial charge < -0.3 is 14.3 Å². The molecular formula is C20H24N4O3. The van der Waals surface area contributed by atoms with Gasteiger partial charge in [0.2, 0.25) is 18.2 Å². The maximum absolute atomic E-state index is 13.3. The van der Waals surface area contributed by atoms with Gasteiger partial charge in [-0.3, -0.25) is 9.59 Å². The number of hydrogen-bond acceptors (Lipinski definition) is 5. The molecule has 2 fully saturated rings. The average Bonchev–Trinajstić information content (AvgIpc) is 3.27. The summed E-state index contributed by atoms with van der Waals surface area (Å²) in [6, 6.07) is 9.74. The van der Waals surface area contributed by atoms with Gasteiger partial charge in [0.25, 0.3) is 0 Å². The van der Waals surface area contributed by atoms with Crippen LogP contribution in [0.25, 0.3) is 0 Å². The Hall–Kier alpha value is -2.70. The molecule has 0 N–H and O–H groups in total. The molecule has 2 amide bonds. The lowest BCUT2D eigenvalue weighted by Crippen LogP contribution is -2.40. The summed E-state index contributed by atoms with van der Waals surface area (Å²) in [5.74, 6) is 0.350. The van der Waals surface area contributed by atoms with Crippen LogP contribution >= 0.6 is 0 Å². The Morgan fingerprint density at radius 1 is 1.19 bits per heavy atom. The fourth-order valence-electron chi connectivity index (χ4n) is 4.09. The van der Waals surface area contributed by atoms with Crippen LogP contribution in [0, 0.1) is 5.92 Å². The van der Waals surface area contributed by atoms with E-state index < -0.39 is 0 Å². The molecule has 2 aliphatic rings. The molecule has 0 spiro atoms. The standard InChI is InChI=1S/C20H24N4O3/c25-18-11-16(13-23(18)12-15-7-3-1-4-8-15)20(26)24-10-6-2-5-9-17(24)19-21-14-27-22-19/h1,3-4,7-8,14,16-17H,2,5-6,9-13H2. The zero-order chi connectivity index (χ0) is 18.6. The van der Waals surface area contributed by atoms with Gasteiger partial charge in [-0.25, -0.2) is 0 Å². The second-order valence-corrected chi connectivity index (χ2v) is 7.35. The molecule has 27 heavy (non-hydrogen) atoms. The molecule has 142 valence electrons. The van der Waals surface area contributed by atoms with Crippen LogP contribution in [0.4, 0.5) is 0 Å². The van der Waals surface area contributed by atoms with Crippen LogP contribution in [-0.2, 0) is 16.1 Å². The van der Waals surface area contributed by atoms with Crippen LogP contribution < -0.4 is 0 Å². The zero-order valence-electron chi connectivity index (χ0n) is 15.3. The molecule has 1 aromatic carbocycles. The van der Waals surface area contributed by atoms with Gasteiger partial charge in [0.15, 0.2) is 5.82 Å². The van der Waals surface area contributed by atoms with Crippen LogP contribution in [-0.4, -0.2) is 44.8 Å². The number of nitrogens with zero attached hydrogens (tertiary/aromatic N) is 4. The minimum absolute atomic E-state index is 0.0376. The number of rotatable bonds is 4. The maximum Gasteiger partial charge on any atom is 0.228 e. The molecule has 0 aliphatic carbocycles. The van der Waals surface area contributed by atoms with Crippen LogP contribution in [0.2, 0.25) is 0 Å². The van der Waals surface area contributed by atoms with Crippen molar-refractivity contribution in [3.05, 3.63) is 48.1 Å². The first-order valence-electron chi connectivity index (χ1n) is 9.61. The molecule has 2 atom stereocenters. The first-order valence-corrected chi connectivity index (χ1v) is 9.61. The second-order valence-electron chi connectivity index (χ2n) is 7.35. The lowest BCUT2D eigenvalue weighted by Gasteiger charge is -2.30. The maximum atomic E-state index is 13.3. The van der Waals surface area contributed by atoms with Crippen molar-refractivity contribution in [3.8, 4) is 0 Å².